The van der Waals surface area contributed by atoms with Gasteiger partial charge in [0, 0.05) is 32.2 Å². The van der Waals surface area contributed by atoms with Crippen molar-refractivity contribution < 1.29 is 18.9 Å². The summed E-state index contributed by atoms with van der Waals surface area (Å²) in [6, 6.07) is 0.542. The second-order valence-electron chi connectivity index (χ2n) is 6.56. The van der Waals surface area contributed by atoms with Gasteiger partial charge in [0.25, 0.3) is 0 Å². The number of allylic oxidation sites excluding steroid dienone is 2. The van der Waals surface area contributed by atoms with Gasteiger partial charge >= 0.3 is 18.9 Å². The fourth-order valence-corrected chi connectivity index (χ4v) is 3.13. The molecule has 0 aromatic heterocycles. The zero-order chi connectivity index (χ0) is 15.7. The van der Waals surface area contributed by atoms with Gasteiger partial charge < -0.3 is 4.90 Å². The van der Waals surface area contributed by atoms with Crippen LogP contribution in [0, 0.1) is 6.92 Å². The van der Waals surface area contributed by atoms with Crippen molar-refractivity contribution in [2.24, 2.45) is 0 Å². The number of hydrogen-bond acceptors (Lipinski definition) is 2. The molecule has 0 aliphatic carbocycles. The number of unbranched alkanes of at least 4 members (excludes halogenated alkanes) is 2. The molecule has 1 rings (SSSR count). The quantitative estimate of drug-likeness (QED) is 0.274. The molecule has 1 heterocycles. The first-order chi connectivity index (χ1) is 10.1. The number of nitrogens with zero attached hydrogens (tertiary/aromatic N) is 2. The van der Waals surface area contributed by atoms with Crippen LogP contribution in [0.15, 0.2) is 23.8 Å². The van der Waals surface area contributed by atoms with Gasteiger partial charge in [0.05, 0.1) is 0 Å². The van der Waals surface area contributed by atoms with E-state index in [1.165, 1.54) is 75.9 Å². The Labute approximate surface area is 151 Å². The van der Waals surface area contributed by atoms with Crippen molar-refractivity contribution in [2.75, 3.05) is 33.2 Å². The topological polar surface area (TPSA) is 6.48 Å². The number of rotatable bonds is 9. The third-order valence-electron chi connectivity index (χ3n) is 4.68. The average Bonchev–Trinajstić information content (AvgIpc) is 2.47. The summed E-state index contributed by atoms with van der Waals surface area (Å²) in [7, 11) is 2.21. The first kappa shape index (κ1) is 21.9. The van der Waals surface area contributed by atoms with Gasteiger partial charge in [-0.3, -0.25) is 4.90 Å². The molecule has 1 saturated heterocycles. The molecule has 1 atom stereocenters. The smallest absolute Gasteiger partial charge is 0.304 e. The summed E-state index contributed by atoms with van der Waals surface area (Å²) in [5.74, 6) is 0. The van der Waals surface area contributed by atoms with E-state index in [1.807, 2.05) is 0 Å². The third kappa shape index (κ3) is 7.93. The maximum absolute atomic E-state index is 4.24. The monoisotopic (exact) mass is 298 g/mol. The molecular weight excluding hydrogens is 263 g/mol. The van der Waals surface area contributed by atoms with E-state index in [0.717, 1.165) is 0 Å². The molecule has 0 bridgehead atoms. The van der Waals surface area contributed by atoms with Gasteiger partial charge in [0.1, 0.15) is 0 Å². The van der Waals surface area contributed by atoms with Gasteiger partial charge in [-0.15, -0.1) is 0 Å². The Morgan fingerprint density at radius 2 is 1.82 bits per heavy atom. The zero-order valence-electron chi connectivity index (χ0n) is 15.5. The minimum atomic E-state index is 0. The summed E-state index contributed by atoms with van der Waals surface area (Å²) < 4.78 is 0. The van der Waals surface area contributed by atoms with Crippen molar-refractivity contribution in [3.05, 3.63) is 30.7 Å². The number of likely N-dealkylation sites (N-methyl/N-ethyl adjacent to an activating group) is 1. The molecule has 122 valence electrons. The third-order valence-corrected chi connectivity index (χ3v) is 4.68. The van der Waals surface area contributed by atoms with Crippen LogP contribution in [0.5, 0.6) is 0 Å². The SMILES string of the molecule is C=C(C)C(CC/C(=C\[CH2-])CCCCC)N1CCN(C)CC1.[Li+]. The van der Waals surface area contributed by atoms with Gasteiger partial charge in [0.15, 0.2) is 0 Å². The summed E-state index contributed by atoms with van der Waals surface area (Å²) in [4.78, 5) is 5.03. The molecule has 0 amide bonds. The summed E-state index contributed by atoms with van der Waals surface area (Å²) >= 11 is 0. The van der Waals surface area contributed by atoms with E-state index in [-0.39, 0.29) is 18.9 Å². The van der Waals surface area contributed by atoms with Crippen LogP contribution in [0.3, 0.4) is 0 Å². The van der Waals surface area contributed by atoms with E-state index < -0.39 is 0 Å². The van der Waals surface area contributed by atoms with E-state index in [1.54, 1.807) is 0 Å². The summed E-state index contributed by atoms with van der Waals surface area (Å²) in [5, 5.41) is 0. The average molecular weight is 298 g/mol. The minimum absolute atomic E-state index is 0. The first-order valence-electron chi connectivity index (χ1n) is 8.63. The molecule has 0 radical (unpaired) electrons. The maximum atomic E-state index is 4.24. The fourth-order valence-electron chi connectivity index (χ4n) is 3.13. The molecule has 0 spiro atoms. The van der Waals surface area contributed by atoms with Crippen LogP contribution in [0.1, 0.15) is 52.4 Å². The van der Waals surface area contributed by atoms with Crippen LogP contribution in [-0.4, -0.2) is 49.1 Å². The van der Waals surface area contributed by atoms with E-state index >= 15 is 0 Å². The van der Waals surface area contributed by atoms with Crippen LogP contribution in [0.4, 0.5) is 0 Å². The standard InChI is InChI=1S/C19H35N2.Li/c1-6-8-9-10-18(7-2)11-12-19(17(3)4)21-15-13-20(5)14-16-21;/h7,19H,2-3,6,8-16H2,1,4-5H3;/q-1;+1/b18-7-;. The van der Waals surface area contributed by atoms with E-state index in [2.05, 4.69) is 50.3 Å². The maximum Gasteiger partial charge on any atom is 1.00 e. The van der Waals surface area contributed by atoms with Crippen LogP contribution in [0.25, 0.3) is 0 Å². The Bertz CT molecular complexity index is 330. The van der Waals surface area contributed by atoms with Crippen LogP contribution in [0.2, 0.25) is 0 Å². The molecule has 0 aromatic carbocycles. The number of piperazine rings is 1. The Morgan fingerprint density at radius 1 is 1.18 bits per heavy atom. The first-order valence-corrected chi connectivity index (χ1v) is 8.63. The molecule has 0 N–H and O–H groups in total. The molecule has 0 aromatic rings. The van der Waals surface area contributed by atoms with Crippen LogP contribution < -0.4 is 18.9 Å². The van der Waals surface area contributed by atoms with Gasteiger partial charge in [-0.2, -0.15) is 0 Å². The second-order valence-corrected chi connectivity index (χ2v) is 6.56. The summed E-state index contributed by atoms with van der Waals surface area (Å²) in [6.45, 7) is 17.4. The van der Waals surface area contributed by atoms with Crippen molar-refractivity contribution >= 4 is 0 Å². The Hall–Kier alpha value is -0.133. The summed E-state index contributed by atoms with van der Waals surface area (Å²) in [6.07, 6.45) is 9.63. The van der Waals surface area contributed by atoms with Gasteiger partial charge in [-0.1, -0.05) is 51.2 Å². The normalized spacial score (nSPS) is 18.8. The second kappa shape index (κ2) is 12.3. The fraction of sp³-hybridized carbons (Fsp3) is 0.737. The molecule has 1 unspecified atom stereocenters. The predicted molar refractivity (Wildman–Crippen MR) is 94.5 cm³/mol. The van der Waals surface area contributed by atoms with E-state index in [0.29, 0.717) is 6.04 Å². The van der Waals surface area contributed by atoms with Crippen LogP contribution in [-0.2, 0) is 0 Å². The van der Waals surface area contributed by atoms with Crippen LogP contribution >= 0.6 is 0 Å². The molecule has 1 fully saturated rings. The predicted octanol–water partition coefficient (Wildman–Crippen LogP) is 1.30. The largest absolute Gasteiger partial charge is 1.00 e. The number of hydrogen-bond donors (Lipinski definition) is 0. The molecular formula is C19H35LiN2. The van der Waals surface area contributed by atoms with Gasteiger partial charge in [-0.25, -0.2) is 18.6 Å². The van der Waals surface area contributed by atoms with Gasteiger partial charge in [0.2, 0.25) is 0 Å². The molecule has 1 aliphatic rings. The Kier molecular flexibility index (Phi) is 12.2. The Morgan fingerprint density at radius 3 is 2.32 bits per heavy atom. The van der Waals surface area contributed by atoms with Crippen molar-refractivity contribution in [1.82, 2.24) is 9.80 Å². The van der Waals surface area contributed by atoms with Crippen molar-refractivity contribution in [3.8, 4) is 0 Å². The van der Waals surface area contributed by atoms with E-state index in [9.17, 15) is 0 Å². The molecule has 2 nitrogen and oxygen atoms in total. The Balaban J connectivity index is 0.00000441. The zero-order valence-corrected chi connectivity index (χ0v) is 15.5. The summed E-state index contributed by atoms with van der Waals surface area (Å²) in [5.41, 5.74) is 2.85. The molecule has 1 aliphatic heterocycles. The van der Waals surface area contributed by atoms with Crippen molar-refractivity contribution in [2.45, 2.75) is 58.4 Å². The minimum Gasteiger partial charge on any atom is -0.304 e. The molecule has 3 heteroatoms. The molecule has 0 saturated carbocycles. The van der Waals surface area contributed by atoms with Crippen molar-refractivity contribution in [3.63, 3.8) is 0 Å². The van der Waals surface area contributed by atoms with Gasteiger partial charge in [-0.05, 0) is 20.4 Å². The van der Waals surface area contributed by atoms with E-state index in [4.69, 9.17) is 0 Å². The van der Waals surface area contributed by atoms with Crippen molar-refractivity contribution in [1.29, 1.82) is 0 Å². The molecule has 22 heavy (non-hydrogen) atoms.